The number of rotatable bonds is 5. The van der Waals surface area contributed by atoms with Crippen LogP contribution < -0.4 is 10.6 Å². The van der Waals surface area contributed by atoms with Crippen molar-refractivity contribution in [3.63, 3.8) is 0 Å². The number of nitrogens with zero attached hydrogens (tertiary/aromatic N) is 4. The van der Waals surface area contributed by atoms with E-state index in [0.29, 0.717) is 24.7 Å². The van der Waals surface area contributed by atoms with Crippen LogP contribution in [-0.4, -0.2) is 83.9 Å². The molecule has 1 aromatic heterocycles. The molecule has 8 nitrogen and oxygen atoms in total. The van der Waals surface area contributed by atoms with E-state index in [2.05, 4.69) is 33.4 Å². The molecule has 3 aliphatic rings. The Kier molecular flexibility index (Phi) is 6.01. The number of carbonyl (C=O) groups excluding carboxylic acids is 2. The number of nitrogens with one attached hydrogen (secondary N) is 2. The molecule has 1 unspecified atom stereocenters. The smallest absolute Gasteiger partial charge is 0.249 e. The number of piperidine rings is 3. The van der Waals surface area contributed by atoms with Crippen molar-refractivity contribution in [3.8, 4) is 0 Å². The lowest BCUT2D eigenvalue weighted by Gasteiger charge is -2.41. The van der Waals surface area contributed by atoms with Crippen molar-refractivity contribution in [2.75, 3.05) is 37.9 Å². The van der Waals surface area contributed by atoms with Gasteiger partial charge in [-0.2, -0.15) is 5.10 Å². The van der Waals surface area contributed by atoms with Gasteiger partial charge in [-0.25, -0.2) is 0 Å². The molecule has 4 heterocycles. The van der Waals surface area contributed by atoms with Gasteiger partial charge in [-0.05, 0) is 51.6 Å². The summed E-state index contributed by atoms with van der Waals surface area (Å²) >= 11 is 0. The summed E-state index contributed by atoms with van der Waals surface area (Å²) in [6.45, 7) is 4.74. The maximum absolute atomic E-state index is 11.9. The van der Waals surface area contributed by atoms with Crippen molar-refractivity contribution in [3.05, 3.63) is 12.3 Å². The number of imide groups is 1. The third-order valence-electron chi connectivity index (χ3n) is 6.56. The highest BCUT2D eigenvalue weighted by Crippen LogP contribution is 2.27. The van der Waals surface area contributed by atoms with E-state index in [1.165, 1.54) is 32.4 Å². The van der Waals surface area contributed by atoms with Gasteiger partial charge in [0.25, 0.3) is 0 Å². The second-order valence-electron chi connectivity index (χ2n) is 8.26. The quantitative estimate of drug-likeness (QED) is 0.539. The van der Waals surface area contributed by atoms with Gasteiger partial charge < -0.3 is 15.1 Å². The molecule has 0 bridgehead atoms. The molecule has 0 aliphatic carbocycles. The summed E-state index contributed by atoms with van der Waals surface area (Å²) in [6.07, 6.45) is 8.89. The molecule has 3 aliphatic heterocycles. The van der Waals surface area contributed by atoms with Crippen molar-refractivity contribution < 1.29 is 9.59 Å². The van der Waals surface area contributed by atoms with Crippen molar-refractivity contribution in [1.82, 2.24) is 24.9 Å². The largest absolute Gasteiger partial charge is 0.357 e. The zero-order valence-electron chi connectivity index (χ0n) is 16.8. The van der Waals surface area contributed by atoms with Gasteiger partial charge in [-0.15, -0.1) is 0 Å². The first kappa shape index (κ1) is 19.5. The Morgan fingerprint density at radius 3 is 2.46 bits per heavy atom. The molecule has 2 amide bonds. The molecule has 1 atom stereocenters. The van der Waals surface area contributed by atoms with Crippen LogP contribution in [0.1, 0.15) is 44.6 Å². The number of aromatic nitrogens is 2. The van der Waals surface area contributed by atoms with Gasteiger partial charge in [0.2, 0.25) is 11.8 Å². The molecular weight excluding hydrogens is 355 g/mol. The van der Waals surface area contributed by atoms with Crippen LogP contribution >= 0.6 is 0 Å². The van der Waals surface area contributed by atoms with E-state index in [1.807, 2.05) is 16.9 Å². The monoisotopic (exact) mass is 386 g/mol. The lowest BCUT2D eigenvalue weighted by molar-refractivity contribution is -0.133. The normalized spacial score (nSPS) is 26.4. The Labute approximate surface area is 167 Å². The van der Waals surface area contributed by atoms with Crippen LogP contribution in [0.15, 0.2) is 12.3 Å². The van der Waals surface area contributed by atoms with Crippen LogP contribution in [0.4, 0.5) is 5.82 Å². The molecule has 28 heavy (non-hydrogen) atoms. The highest BCUT2D eigenvalue weighted by atomic mass is 16.2. The Bertz CT molecular complexity index is 694. The minimum atomic E-state index is -0.378. The summed E-state index contributed by atoms with van der Waals surface area (Å²) in [4.78, 5) is 28.4. The van der Waals surface area contributed by atoms with Crippen LogP contribution in [0.2, 0.25) is 0 Å². The van der Waals surface area contributed by atoms with Crippen molar-refractivity contribution >= 4 is 25.5 Å². The molecule has 0 radical (unpaired) electrons. The number of amides is 2. The zero-order chi connectivity index (χ0) is 19.5. The third-order valence-corrected chi connectivity index (χ3v) is 6.56. The summed E-state index contributed by atoms with van der Waals surface area (Å²) in [5.74, 6) is 0.262. The van der Waals surface area contributed by atoms with E-state index in [4.69, 9.17) is 0 Å². The first-order valence-electron chi connectivity index (χ1n) is 10.7. The summed E-state index contributed by atoms with van der Waals surface area (Å²) < 4.78 is 2.05. The molecule has 3 fully saturated rings. The summed E-state index contributed by atoms with van der Waals surface area (Å²) in [7, 11) is 2.25. The molecule has 4 rings (SSSR count). The van der Waals surface area contributed by atoms with Gasteiger partial charge in [0.05, 0.1) is 6.04 Å². The Balaban J connectivity index is 1.26. The average molecular weight is 386 g/mol. The molecule has 152 valence electrons. The summed E-state index contributed by atoms with van der Waals surface area (Å²) in [6, 6.07) is 2.71. The van der Waals surface area contributed by atoms with E-state index in [1.54, 1.807) is 0 Å². The lowest BCUT2D eigenvalue weighted by atomic mass is 9.97. The van der Waals surface area contributed by atoms with Crippen molar-refractivity contribution in [1.29, 1.82) is 0 Å². The predicted octanol–water partition coefficient (Wildman–Crippen LogP) is -0.208. The lowest BCUT2D eigenvalue weighted by Crippen LogP contribution is -2.48. The molecule has 0 aromatic carbocycles. The fraction of sp³-hybridized carbons (Fsp3) is 0.737. The number of likely N-dealkylation sites (tertiary alicyclic amines) is 2. The highest BCUT2D eigenvalue weighted by molar-refractivity contribution is 6.08. The van der Waals surface area contributed by atoms with Crippen LogP contribution in [0, 0.1) is 0 Å². The molecular formula is C19H31BN6O2. The first-order chi connectivity index (χ1) is 13.6. The maximum Gasteiger partial charge on any atom is 0.249 e. The second-order valence-corrected chi connectivity index (χ2v) is 8.26. The number of hydrogen-bond donors (Lipinski definition) is 2. The minimum absolute atomic E-state index is 0.194. The molecule has 2 N–H and O–H groups in total. The van der Waals surface area contributed by atoms with E-state index >= 15 is 0 Å². The SMILES string of the molecule is BCN1CCC(N2CCC(n3ccc(NC4CCC(=O)NC4=O)n3)CC2)CC1. The van der Waals surface area contributed by atoms with Gasteiger partial charge in [0.1, 0.15) is 19.7 Å². The molecule has 0 spiro atoms. The third kappa shape index (κ3) is 4.41. The van der Waals surface area contributed by atoms with Crippen LogP contribution in [0.3, 0.4) is 0 Å². The van der Waals surface area contributed by atoms with Crippen LogP contribution in [-0.2, 0) is 9.59 Å². The van der Waals surface area contributed by atoms with Crippen molar-refractivity contribution in [2.45, 2.75) is 56.7 Å². The first-order valence-corrected chi connectivity index (χ1v) is 10.7. The van der Waals surface area contributed by atoms with Crippen LogP contribution in [0.25, 0.3) is 0 Å². The Hall–Kier alpha value is -1.87. The van der Waals surface area contributed by atoms with E-state index in [0.717, 1.165) is 32.0 Å². The molecule has 0 saturated carbocycles. The number of hydrogen-bond acceptors (Lipinski definition) is 6. The summed E-state index contributed by atoms with van der Waals surface area (Å²) in [5.41, 5.74) is 0. The van der Waals surface area contributed by atoms with E-state index in [-0.39, 0.29) is 17.9 Å². The summed E-state index contributed by atoms with van der Waals surface area (Å²) in [5, 5.41) is 10.2. The van der Waals surface area contributed by atoms with E-state index < -0.39 is 0 Å². The maximum atomic E-state index is 11.9. The van der Waals surface area contributed by atoms with Gasteiger partial charge in [-0.1, -0.05) is 0 Å². The Morgan fingerprint density at radius 1 is 1.07 bits per heavy atom. The number of carbonyl (C=O) groups is 2. The fourth-order valence-electron chi connectivity index (χ4n) is 4.74. The molecule has 3 saturated heterocycles. The topological polar surface area (TPSA) is 82.5 Å². The zero-order valence-corrected chi connectivity index (χ0v) is 16.8. The highest BCUT2D eigenvalue weighted by Gasteiger charge is 2.29. The standard InChI is InChI=1S/C19H31BN6O2/c20-13-24-8-3-14(4-9-24)25-10-5-15(6-11-25)26-12-7-17(23-26)21-16-1-2-18(27)22-19(16)28/h7,12,14-16H,1-6,8-11,13,20H2,(H,21,23)(H,22,27,28). The van der Waals surface area contributed by atoms with Gasteiger partial charge in [0.15, 0.2) is 0 Å². The Morgan fingerprint density at radius 2 is 1.79 bits per heavy atom. The van der Waals surface area contributed by atoms with Crippen molar-refractivity contribution in [2.24, 2.45) is 0 Å². The van der Waals surface area contributed by atoms with E-state index in [9.17, 15) is 9.59 Å². The van der Waals surface area contributed by atoms with Gasteiger partial charge in [-0.3, -0.25) is 19.6 Å². The fourth-order valence-corrected chi connectivity index (χ4v) is 4.74. The molecule has 9 heteroatoms. The van der Waals surface area contributed by atoms with Gasteiger partial charge >= 0.3 is 0 Å². The second kappa shape index (κ2) is 8.65. The molecule has 1 aromatic rings. The van der Waals surface area contributed by atoms with Crippen LogP contribution in [0.5, 0.6) is 0 Å². The van der Waals surface area contributed by atoms with Gasteiger partial charge in [0, 0.05) is 37.8 Å². The predicted molar refractivity (Wildman–Crippen MR) is 110 cm³/mol. The minimum Gasteiger partial charge on any atom is -0.357 e. The average Bonchev–Trinajstić information content (AvgIpc) is 3.19. The number of anilines is 1.